The Morgan fingerprint density at radius 1 is 1.37 bits per heavy atom. The van der Waals surface area contributed by atoms with Crippen LogP contribution in [0.15, 0.2) is 23.1 Å². The van der Waals surface area contributed by atoms with Gasteiger partial charge in [0.05, 0.1) is 11.5 Å². The van der Waals surface area contributed by atoms with Crippen molar-refractivity contribution in [1.82, 2.24) is 4.72 Å². The van der Waals surface area contributed by atoms with Gasteiger partial charge in [-0.15, -0.1) is 11.6 Å². The third-order valence-electron chi connectivity index (χ3n) is 2.78. The number of sulfonamides is 1. The SMILES string of the molecule is COCC(CCCl)NS(=O)(=O)c1cc(C)ccc1C. The third-order valence-corrected chi connectivity index (χ3v) is 4.66. The molecule has 0 saturated carbocycles. The normalized spacial score (nSPS) is 13.5. The summed E-state index contributed by atoms with van der Waals surface area (Å²) in [6, 6.07) is 5.05. The van der Waals surface area contributed by atoms with Crippen LogP contribution in [-0.4, -0.2) is 34.1 Å². The molecule has 1 unspecified atom stereocenters. The summed E-state index contributed by atoms with van der Waals surface area (Å²) in [5.74, 6) is 0.378. The second-order valence-electron chi connectivity index (χ2n) is 4.52. The van der Waals surface area contributed by atoms with Crippen LogP contribution < -0.4 is 4.72 Å². The van der Waals surface area contributed by atoms with Gasteiger partial charge in [-0.25, -0.2) is 13.1 Å². The van der Waals surface area contributed by atoms with Crippen LogP contribution in [0.4, 0.5) is 0 Å². The van der Waals surface area contributed by atoms with Crippen molar-refractivity contribution in [2.24, 2.45) is 0 Å². The summed E-state index contributed by atoms with van der Waals surface area (Å²) in [6.45, 7) is 3.95. The number of rotatable bonds is 7. The van der Waals surface area contributed by atoms with E-state index in [0.29, 0.717) is 23.8 Å². The van der Waals surface area contributed by atoms with Gasteiger partial charge < -0.3 is 4.74 Å². The minimum atomic E-state index is -3.55. The van der Waals surface area contributed by atoms with Crippen LogP contribution in [0.2, 0.25) is 0 Å². The average Bonchev–Trinajstić information content (AvgIpc) is 2.32. The van der Waals surface area contributed by atoms with Crippen molar-refractivity contribution in [3.63, 3.8) is 0 Å². The molecule has 0 amide bonds. The predicted molar refractivity (Wildman–Crippen MR) is 77.2 cm³/mol. The zero-order valence-electron chi connectivity index (χ0n) is 11.4. The summed E-state index contributed by atoms with van der Waals surface area (Å²) < 4.78 is 32.4. The zero-order valence-corrected chi connectivity index (χ0v) is 13.0. The molecule has 0 fully saturated rings. The van der Waals surface area contributed by atoms with Crippen LogP contribution in [0.3, 0.4) is 0 Å². The van der Waals surface area contributed by atoms with Gasteiger partial charge >= 0.3 is 0 Å². The van der Waals surface area contributed by atoms with Gasteiger partial charge in [0.1, 0.15) is 0 Å². The number of alkyl halides is 1. The number of ether oxygens (including phenoxy) is 1. The molecule has 1 aromatic rings. The second kappa shape index (κ2) is 7.24. The minimum Gasteiger partial charge on any atom is -0.383 e. The van der Waals surface area contributed by atoms with E-state index in [1.807, 2.05) is 13.0 Å². The van der Waals surface area contributed by atoms with Gasteiger partial charge in [-0.3, -0.25) is 0 Å². The molecule has 108 valence electrons. The zero-order chi connectivity index (χ0) is 14.5. The molecule has 1 rings (SSSR count). The first-order chi connectivity index (χ1) is 8.90. The number of nitrogens with one attached hydrogen (secondary N) is 1. The summed E-state index contributed by atoms with van der Waals surface area (Å²) in [5.41, 5.74) is 1.63. The van der Waals surface area contributed by atoms with E-state index >= 15 is 0 Å². The fourth-order valence-corrected chi connectivity index (χ4v) is 3.64. The fraction of sp³-hybridized carbons (Fsp3) is 0.538. The molecule has 6 heteroatoms. The van der Waals surface area contributed by atoms with Crippen molar-refractivity contribution in [1.29, 1.82) is 0 Å². The van der Waals surface area contributed by atoms with E-state index in [2.05, 4.69) is 4.72 Å². The Kier molecular flexibility index (Phi) is 6.26. The van der Waals surface area contributed by atoms with Crippen molar-refractivity contribution in [2.45, 2.75) is 31.2 Å². The monoisotopic (exact) mass is 305 g/mol. The first-order valence-corrected chi connectivity index (χ1v) is 8.07. The van der Waals surface area contributed by atoms with Gasteiger partial charge in [0.25, 0.3) is 0 Å². The van der Waals surface area contributed by atoms with Gasteiger partial charge in [0.15, 0.2) is 0 Å². The van der Waals surface area contributed by atoms with E-state index in [-0.39, 0.29) is 6.04 Å². The van der Waals surface area contributed by atoms with Gasteiger partial charge in [-0.05, 0) is 37.5 Å². The largest absolute Gasteiger partial charge is 0.383 e. The van der Waals surface area contributed by atoms with Gasteiger partial charge in [-0.1, -0.05) is 12.1 Å². The molecule has 1 atom stereocenters. The first kappa shape index (κ1) is 16.4. The molecule has 0 radical (unpaired) electrons. The average molecular weight is 306 g/mol. The van der Waals surface area contributed by atoms with Crippen molar-refractivity contribution in [3.05, 3.63) is 29.3 Å². The molecular formula is C13H20ClNO3S. The van der Waals surface area contributed by atoms with E-state index < -0.39 is 10.0 Å². The van der Waals surface area contributed by atoms with Crippen LogP contribution in [0.25, 0.3) is 0 Å². The van der Waals surface area contributed by atoms with Crippen LogP contribution in [0.5, 0.6) is 0 Å². The number of aryl methyl sites for hydroxylation is 2. The van der Waals surface area contributed by atoms with E-state index in [4.69, 9.17) is 16.3 Å². The highest BCUT2D eigenvalue weighted by atomic mass is 35.5. The van der Waals surface area contributed by atoms with Crippen LogP contribution >= 0.6 is 11.6 Å². The van der Waals surface area contributed by atoms with E-state index in [0.717, 1.165) is 11.1 Å². The molecule has 0 heterocycles. The molecule has 0 aromatic heterocycles. The lowest BCUT2D eigenvalue weighted by Gasteiger charge is -2.18. The second-order valence-corrected chi connectivity index (χ2v) is 6.58. The maximum atomic E-state index is 12.4. The van der Waals surface area contributed by atoms with Crippen LogP contribution in [-0.2, 0) is 14.8 Å². The Bertz CT molecular complexity index is 511. The lowest BCUT2D eigenvalue weighted by atomic mass is 10.2. The molecule has 4 nitrogen and oxygen atoms in total. The number of halogens is 1. The quantitative estimate of drug-likeness (QED) is 0.786. The molecule has 0 saturated heterocycles. The van der Waals surface area contributed by atoms with E-state index in [1.165, 1.54) is 7.11 Å². The molecule has 0 bridgehead atoms. The summed E-state index contributed by atoms with van der Waals surface area (Å²) in [7, 11) is -2.01. The van der Waals surface area contributed by atoms with E-state index in [9.17, 15) is 8.42 Å². The standard InChI is InChI=1S/C13H20ClNO3S/c1-10-4-5-11(2)13(8-10)19(16,17)15-12(6-7-14)9-18-3/h4-5,8,12,15H,6-7,9H2,1-3H3. The molecule has 0 spiro atoms. The Morgan fingerprint density at radius 3 is 2.63 bits per heavy atom. The summed E-state index contributed by atoms with van der Waals surface area (Å²) >= 11 is 5.67. The molecule has 19 heavy (non-hydrogen) atoms. The molecule has 0 aliphatic carbocycles. The van der Waals surface area contributed by atoms with E-state index in [1.54, 1.807) is 19.1 Å². The Balaban J connectivity index is 2.99. The lowest BCUT2D eigenvalue weighted by molar-refractivity contribution is 0.173. The highest BCUT2D eigenvalue weighted by Crippen LogP contribution is 2.17. The maximum Gasteiger partial charge on any atom is 0.241 e. The third kappa shape index (κ3) is 4.76. The van der Waals surface area contributed by atoms with Crippen molar-refractivity contribution >= 4 is 21.6 Å². The summed E-state index contributed by atoms with van der Waals surface area (Å²) in [6.07, 6.45) is 0.527. The Morgan fingerprint density at radius 2 is 2.05 bits per heavy atom. The number of methoxy groups -OCH3 is 1. The fourth-order valence-electron chi connectivity index (χ4n) is 1.79. The Labute approximate surface area is 120 Å². The first-order valence-electron chi connectivity index (χ1n) is 6.05. The highest BCUT2D eigenvalue weighted by molar-refractivity contribution is 7.89. The number of hydrogen-bond acceptors (Lipinski definition) is 3. The van der Waals surface area contributed by atoms with Crippen molar-refractivity contribution in [2.75, 3.05) is 19.6 Å². The van der Waals surface area contributed by atoms with Gasteiger partial charge in [0.2, 0.25) is 10.0 Å². The molecular weight excluding hydrogens is 286 g/mol. The summed E-state index contributed by atoms with van der Waals surface area (Å²) in [4.78, 5) is 0.308. The molecule has 1 N–H and O–H groups in total. The Hall–Kier alpha value is -0.620. The molecule has 0 aliphatic rings. The number of benzene rings is 1. The minimum absolute atomic E-state index is 0.302. The summed E-state index contributed by atoms with van der Waals surface area (Å²) in [5, 5.41) is 0. The highest BCUT2D eigenvalue weighted by Gasteiger charge is 2.21. The van der Waals surface area contributed by atoms with Gasteiger partial charge in [0, 0.05) is 19.0 Å². The number of hydrogen-bond donors (Lipinski definition) is 1. The smallest absolute Gasteiger partial charge is 0.241 e. The van der Waals surface area contributed by atoms with Crippen molar-refractivity contribution in [3.8, 4) is 0 Å². The van der Waals surface area contributed by atoms with Crippen LogP contribution in [0, 0.1) is 13.8 Å². The molecule has 0 aliphatic heterocycles. The van der Waals surface area contributed by atoms with Crippen molar-refractivity contribution < 1.29 is 13.2 Å². The maximum absolute atomic E-state index is 12.4. The van der Waals surface area contributed by atoms with Crippen LogP contribution in [0.1, 0.15) is 17.5 Å². The molecule has 1 aromatic carbocycles. The lowest BCUT2D eigenvalue weighted by Crippen LogP contribution is -2.38. The predicted octanol–water partition coefficient (Wildman–Crippen LogP) is 2.23. The topological polar surface area (TPSA) is 55.4 Å². The van der Waals surface area contributed by atoms with Gasteiger partial charge in [-0.2, -0.15) is 0 Å².